The van der Waals surface area contributed by atoms with Crippen LogP contribution in [0.25, 0.3) is 11.0 Å². The molecule has 2 aromatic carbocycles. The lowest BCUT2D eigenvalue weighted by Crippen LogP contribution is -2.40. The molecule has 0 saturated carbocycles. The monoisotopic (exact) mass is 392 g/mol. The van der Waals surface area contributed by atoms with E-state index in [1.54, 1.807) is 49.4 Å². The molecular formula is C22H24N4O3. The number of aryl methyl sites for hydroxylation is 1. The molecular weight excluding hydrogens is 368 g/mol. The van der Waals surface area contributed by atoms with Crippen molar-refractivity contribution in [3.8, 4) is 0 Å². The van der Waals surface area contributed by atoms with Crippen LogP contribution in [0.3, 0.4) is 0 Å². The number of benzene rings is 2. The Morgan fingerprint density at radius 1 is 1.03 bits per heavy atom. The van der Waals surface area contributed by atoms with Gasteiger partial charge in [-0.25, -0.2) is 4.98 Å². The summed E-state index contributed by atoms with van der Waals surface area (Å²) in [6.07, 6.45) is 0. The predicted molar refractivity (Wildman–Crippen MR) is 113 cm³/mol. The third kappa shape index (κ3) is 4.87. The van der Waals surface area contributed by atoms with Gasteiger partial charge in [-0.1, -0.05) is 12.1 Å². The fourth-order valence-electron chi connectivity index (χ4n) is 2.94. The lowest BCUT2D eigenvalue weighted by molar-refractivity contribution is -0.116. The minimum atomic E-state index is -0.338. The highest BCUT2D eigenvalue weighted by molar-refractivity contribution is 5.96. The number of aromatic nitrogens is 2. The number of carbonyl (C=O) groups excluding carboxylic acids is 2. The van der Waals surface area contributed by atoms with Crippen LogP contribution in [0.15, 0.2) is 53.3 Å². The number of nitrogens with zero attached hydrogens (tertiary/aromatic N) is 2. The molecule has 0 fully saturated rings. The largest absolute Gasteiger partial charge is 0.347 e. The number of anilines is 1. The molecule has 0 bridgehead atoms. The number of amides is 2. The van der Waals surface area contributed by atoms with Crippen LogP contribution in [0.1, 0.15) is 36.8 Å². The molecule has 2 amide bonds. The molecule has 0 radical (unpaired) electrons. The second-order valence-corrected chi connectivity index (χ2v) is 7.91. The van der Waals surface area contributed by atoms with Gasteiger partial charge in [0.1, 0.15) is 12.2 Å². The minimum absolute atomic E-state index is 0.130. The Morgan fingerprint density at radius 3 is 2.34 bits per heavy atom. The maximum Gasteiger partial charge on any atom is 0.272 e. The molecule has 0 spiro atoms. The minimum Gasteiger partial charge on any atom is -0.347 e. The van der Waals surface area contributed by atoms with Crippen molar-refractivity contribution in [1.82, 2.24) is 14.9 Å². The van der Waals surface area contributed by atoms with Crippen molar-refractivity contribution in [3.05, 3.63) is 70.1 Å². The molecule has 0 aliphatic heterocycles. The zero-order valence-electron chi connectivity index (χ0n) is 16.9. The van der Waals surface area contributed by atoms with Crippen molar-refractivity contribution >= 4 is 28.5 Å². The van der Waals surface area contributed by atoms with Crippen molar-refractivity contribution < 1.29 is 9.59 Å². The molecule has 2 N–H and O–H groups in total. The van der Waals surface area contributed by atoms with Crippen LogP contribution in [0.4, 0.5) is 5.69 Å². The summed E-state index contributed by atoms with van der Waals surface area (Å²) >= 11 is 0. The first-order valence-corrected chi connectivity index (χ1v) is 9.33. The fourth-order valence-corrected chi connectivity index (χ4v) is 2.94. The summed E-state index contributed by atoms with van der Waals surface area (Å²) in [4.78, 5) is 41.5. The van der Waals surface area contributed by atoms with Crippen molar-refractivity contribution in [2.45, 2.75) is 39.8 Å². The SMILES string of the molecule is Cc1nc2ccccc2n(CC(=O)Nc2ccc(C(=O)NC(C)(C)C)cc2)c1=O. The van der Waals surface area contributed by atoms with Crippen LogP contribution in [-0.4, -0.2) is 26.9 Å². The van der Waals surface area contributed by atoms with Gasteiger partial charge in [0.25, 0.3) is 11.5 Å². The lowest BCUT2D eigenvalue weighted by Gasteiger charge is -2.20. The quantitative estimate of drug-likeness (QED) is 0.714. The summed E-state index contributed by atoms with van der Waals surface area (Å²) in [5.41, 5.74) is 2.02. The number of carbonyl (C=O) groups is 2. The van der Waals surface area contributed by atoms with Crippen LogP contribution in [-0.2, 0) is 11.3 Å². The van der Waals surface area contributed by atoms with Crippen LogP contribution in [0, 0.1) is 6.92 Å². The smallest absolute Gasteiger partial charge is 0.272 e. The van der Waals surface area contributed by atoms with Crippen molar-refractivity contribution in [2.75, 3.05) is 5.32 Å². The van der Waals surface area contributed by atoms with Gasteiger partial charge in [0.15, 0.2) is 0 Å². The zero-order valence-corrected chi connectivity index (χ0v) is 16.9. The standard InChI is InChI=1S/C22H24N4O3/c1-14-21(29)26(18-8-6-5-7-17(18)23-14)13-19(27)24-16-11-9-15(10-12-16)20(28)25-22(2,3)4/h5-12H,13H2,1-4H3,(H,24,27)(H,25,28). The van der Waals surface area contributed by atoms with Gasteiger partial charge < -0.3 is 10.6 Å². The van der Waals surface area contributed by atoms with E-state index in [-0.39, 0.29) is 29.5 Å². The molecule has 0 aliphatic rings. The fraction of sp³-hybridized carbons (Fsp3) is 0.273. The Morgan fingerprint density at radius 2 is 1.69 bits per heavy atom. The van der Waals surface area contributed by atoms with Crippen LogP contribution in [0.2, 0.25) is 0 Å². The first-order valence-electron chi connectivity index (χ1n) is 9.33. The van der Waals surface area contributed by atoms with Gasteiger partial charge in [-0.15, -0.1) is 0 Å². The molecule has 3 aromatic rings. The maximum absolute atomic E-state index is 12.5. The molecule has 0 aliphatic carbocycles. The van der Waals surface area contributed by atoms with E-state index < -0.39 is 0 Å². The second-order valence-electron chi connectivity index (χ2n) is 7.91. The van der Waals surface area contributed by atoms with Gasteiger partial charge in [0, 0.05) is 16.8 Å². The van der Waals surface area contributed by atoms with Crippen molar-refractivity contribution in [2.24, 2.45) is 0 Å². The Labute approximate surface area is 168 Å². The number of para-hydroxylation sites is 2. The van der Waals surface area contributed by atoms with E-state index >= 15 is 0 Å². The maximum atomic E-state index is 12.5. The lowest BCUT2D eigenvalue weighted by atomic mass is 10.1. The van der Waals surface area contributed by atoms with Gasteiger partial charge in [0.05, 0.1) is 11.0 Å². The number of rotatable bonds is 4. The number of nitrogens with one attached hydrogen (secondary N) is 2. The second kappa shape index (κ2) is 7.87. The van der Waals surface area contributed by atoms with E-state index in [4.69, 9.17) is 0 Å². The third-order valence-corrected chi connectivity index (χ3v) is 4.24. The van der Waals surface area contributed by atoms with E-state index in [1.165, 1.54) is 4.57 Å². The number of fused-ring (bicyclic) bond motifs is 1. The summed E-state index contributed by atoms with van der Waals surface area (Å²) in [7, 11) is 0. The van der Waals surface area contributed by atoms with E-state index in [0.717, 1.165) is 0 Å². The van der Waals surface area contributed by atoms with Gasteiger partial charge in [-0.05, 0) is 64.1 Å². The predicted octanol–water partition coefficient (Wildman–Crippen LogP) is 2.87. The molecule has 7 heteroatoms. The molecule has 1 aromatic heterocycles. The average Bonchev–Trinajstić information content (AvgIpc) is 2.64. The van der Waals surface area contributed by atoms with Gasteiger partial charge in [0.2, 0.25) is 5.91 Å². The summed E-state index contributed by atoms with van der Waals surface area (Å²) in [6.45, 7) is 7.23. The highest BCUT2D eigenvalue weighted by Crippen LogP contribution is 2.13. The van der Waals surface area contributed by atoms with Crippen LogP contribution < -0.4 is 16.2 Å². The van der Waals surface area contributed by atoms with Gasteiger partial charge in [-0.2, -0.15) is 0 Å². The van der Waals surface area contributed by atoms with Crippen molar-refractivity contribution in [3.63, 3.8) is 0 Å². The molecule has 3 rings (SSSR count). The van der Waals surface area contributed by atoms with E-state index in [9.17, 15) is 14.4 Å². The summed E-state index contributed by atoms with van der Waals surface area (Å²) in [6, 6.07) is 13.8. The molecule has 0 saturated heterocycles. The Hall–Kier alpha value is -3.48. The van der Waals surface area contributed by atoms with E-state index in [0.29, 0.717) is 28.0 Å². The number of hydrogen-bond acceptors (Lipinski definition) is 4. The Kier molecular flexibility index (Phi) is 5.50. The molecule has 0 atom stereocenters. The molecule has 7 nitrogen and oxygen atoms in total. The van der Waals surface area contributed by atoms with Gasteiger partial charge >= 0.3 is 0 Å². The Bertz CT molecular complexity index is 1130. The normalized spacial score (nSPS) is 11.3. The first kappa shape index (κ1) is 20.3. The Balaban J connectivity index is 1.75. The van der Waals surface area contributed by atoms with Crippen molar-refractivity contribution in [1.29, 1.82) is 0 Å². The molecule has 0 unspecified atom stereocenters. The molecule has 29 heavy (non-hydrogen) atoms. The highest BCUT2D eigenvalue weighted by Gasteiger charge is 2.15. The van der Waals surface area contributed by atoms with E-state index in [1.807, 2.05) is 26.8 Å². The average molecular weight is 392 g/mol. The zero-order chi connectivity index (χ0) is 21.2. The topological polar surface area (TPSA) is 93.1 Å². The summed E-state index contributed by atoms with van der Waals surface area (Å²) < 4.78 is 1.41. The van der Waals surface area contributed by atoms with Crippen LogP contribution >= 0.6 is 0 Å². The summed E-state index contributed by atoms with van der Waals surface area (Å²) in [5, 5.41) is 5.65. The number of hydrogen-bond donors (Lipinski definition) is 2. The molecule has 150 valence electrons. The summed E-state index contributed by atoms with van der Waals surface area (Å²) in [5.74, 6) is -0.518. The first-order chi connectivity index (χ1) is 13.6. The highest BCUT2D eigenvalue weighted by atomic mass is 16.2. The van der Waals surface area contributed by atoms with Gasteiger partial charge in [-0.3, -0.25) is 19.0 Å². The van der Waals surface area contributed by atoms with E-state index in [2.05, 4.69) is 15.6 Å². The molecule has 1 heterocycles. The van der Waals surface area contributed by atoms with Crippen LogP contribution in [0.5, 0.6) is 0 Å². The third-order valence-electron chi connectivity index (χ3n) is 4.24.